The molecule has 3 unspecified atom stereocenters. The van der Waals surface area contributed by atoms with E-state index in [-0.39, 0.29) is 0 Å². The lowest BCUT2D eigenvalue weighted by atomic mass is 9.92. The summed E-state index contributed by atoms with van der Waals surface area (Å²) in [4.78, 5) is 0. The first-order chi connectivity index (χ1) is 5.65. The molecule has 70 valence electrons. The van der Waals surface area contributed by atoms with Gasteiger partial charge in [0.25, 0.3) is 0 Å². The zero-order chi connectivity index (χ0) is 9.14. The van der Waals surface area contributed by atoms with Gasteiger partial charge in [-0.05, 0) is 27.3 Å². The van der Waals surface area contributed by atoms with E-state index in [1.807, 2.05) is 7.05 Å². The molecule has 2 heteroatoms. The molecule has 1 N–H and O–H groups in total. The second-order valence-electron chi connectivity index (χ2n) is 3.75. The van der Waals surface area contributed by atoms with E-state index in [1.165, 1.54) is 5.57 Å². The fourth-order valence-electron chi connectivity index (χ4n) is 1.97. The maximum atomic E-state index is 5.52. The normalized spacial score (nSPS) is 31.9. The highest BCUT2D eigenvalue weighted by molar-refractivity contribution is 5.05. The third-order valence-electron chi connectivity index (χ3n) is 2.54. The van der Waals surface area contributed by atoms with Gasteiger partial charge in [0.15, 0.2) is 0 Å². The van der Waals surface area contributed by atoms with Gasteiger partial charge in [-0.2, -0.15) is 0 Å². The molecule has 1 fully saturated rings. The third kappa shape index (κ3) is 2.08. The second-order valence-corrected chi connectivity index (χ2v) is 3.75. The zero-order valence-electron chi connectivity index (χ0n) is 8.26. The van der Waals surface area contributed by atoms with Crippen molar-refractivity contribution in [2.75, 3.05) is 13.7 Å². The highest BCUT2D eigenvalue weighted by Gasteiger charge is 2.28. The van der Waals surface area contributed by atoms with Gasteiger partial charge in [-0.1, -0.05) is 12.2 Å². The number of ether oxygens (including phenoxy) is 1. The lowest BCUT2D eigenvalue weighted by molar-refractivity contribution is 0.118. The SMILES string of the molecule is C=C(C)C(NC)C1COC(C)C1. The number of nitrogens with one attached hydrogen (secondary N) is 1. The third-order valence-corrected chi connectivity index (χ3v) is 2.54. The summed E-state index contributed by atoms with van der Waals surface area (Å²) in [5.74, 6) is 0.613. The van der Waals surface area contributed by atoms with Crippen LogP contribution in [0, 0.1) is 5.92 Å². The number of hydrogen-bond donors (Lipinski definition) is 1. The van der Waals surface area contributed by atoms with Gasteiger partial charge in [-0.15, -0.1) is 0 Å². The molecular formula is C10H19NO. The Morgan fingerprint density at radius 2 is 2.33 bits per heavy atom. The minimum absolute atomic E-state index is 0.421. The van der Waals surface area contributed by atoms with Crippen molar-refractivity contribution in [3.63, 3.8) is 0 Å². The molecule has 12 heavy (non-hydrogen) atoms. The zero-order valence-corrected chi connectivity index (χ0v) is 8.26. The van der Waals surface area contributed by atoms with Crippen LogP contribution in [0.15, 0.2) is 12.2 Å². The van der Waals surface area contributed by atoms with Gasteiger partial charge in [-0.3, -0.25) is 0 Å². The lowest BCUT2D eigenvalue weighted by Crippen LogP contribution is -2.34. The van der Waals surface area contributed by atoms with Gasteiger partial charge in [0.1, 0.15) is 0 Å². The van der Waals surface area contributed by atoms with Crippen LogP contribution in [0.1, 0.15) is 20.3 Å². The van der Waals surface area contributed by atoms with Crippen molar-refractivity contribution < 1.29 is 4.74 Å². The maximum absolute atomic E-state index is 5.52. The van der Waals surface area contributed by atoms with E-state index in [0.717, 1.165) is 13.0 Å². The van der Waals surface area contributed by atoms with Gasteiger partial charge >= 0.3 is 0 Å². The molecule has 1 saturated heterocycles. The quantitative estimate of drug-likeness (QED) is 0.648. The Bertz CT molecular complexity index is 167. The Morgan fingerprint density at radius 1 is 1.67 bits per heavy atom. The molecule has 0 radical (unpaired) electrons. The predicted octanol–water partition coefficient (Wildman–Crippen LogP) is 1.58. The molecule has 0 amide bonds. The van der Waals surface area contributed by atoms with Crippen LogP contribution in [0.2, 0.25) is 0 Å². The lowest BCUT2D eigenvalue weighted by Gasteiger charge is -2.21. The molecule has 2 nitrogen and oxygen atoms in total. The molecule has 3 atom stereocenters. The highest BCUT2D eigenvalue weighted by Crippen LogP contribution is 2.24. The van der Waals surface area contributed by atoms with E-state index in [1.54, 1.807) is 0 Å². The van der Waals surface area contributed by atoms with Crippen LogP contribution >= 0.6 is 0 Å². The van der Waals surface area contributed by atoms with Crippen molar-refractivity contribution >= 4 is 0 Å². The van der Waals surface area contributed by atoms with Crippen molar-refractivity contribution in [3.05, 3.63) is 12.2 Å². The summed E-state index contributed by atoms with van der Waals surface area (Å²) in [5, 5.41) is 3.28. The largest absolute Gasteiger partial charge is 0.378 e. The summed E-state index contributed by atoms with van der Waals surface area (Å²) in [6.45, 7) is 9.06. The van der Waals surface area contributed by atoms with Gasteiger partial charge in [0.2, 0.25) is 0 Å². The Hall–Kier alpha value is -0.340. The van der Waals surface area contributed by atoms with Crippen LogP contribution in [0.4, 0.5) is 0 Å². The molecule has 0 aromatic carbocycles. The van der Waals surface area contributed by atoms with Crippen molar-refractivity contribution in [2.45, 2.75) is 32.4 Å². The fraction of sp³-hybridized carbons (Fsp3) is 0.800. The summed E-state index contributed by atoms with van der Waals surface area (Å²) < 4.78 is 5.52. The topological polar surface area (TPSA) is 21.3 Å². The molecule has 1 rings (SSSR count). The molecule has 1 aliphatic heterocycles. The summed E-state index contributed by atoms with van der Waals surface area (Å²) in [6, 6.07) is 0.426. The van der Waals surface area contributed by atoms with Gasteiger partial charge < -0.3 is 10.1 Å². The average Bonchev–Trinajstić information content (AvgIpc) is 2.37. The minimum Gasteiger partial charge on any atom is -0.378 e. The Morgan fingerprint density at radius 3 is 2.67 bits per heavy atom. The van der Waals surface area contributed by atoms with Gasteiger partial charge in [-0.25, -0.2) is 0 Å². The number of hydrogen-bond acceptors (Lipinski definition) is 2. The Balaban J connectivity index is 2.49. The summed E-state index contributed by atoms with van der Waals surface area (Å²) in [5.41, 5.74) is 1.21. The second kappa shape index (κ2) is 4.06. The Kier molecular flexibility index (Phi) is 3.29. The summed E-state index contributed by atoms with van der Waals surface area (Å²) in [6.07, 6.45) is 1.57. The first-order valence-corrected chi connectivity index (χ1v) is 4.59. The van der Waals surface area contributed by atoms with E-state index < -0.39 is 0 Å². The van der Waals surface area contributed by atoms with Crippen LogP contribution in [-0.4, -0.2) is 25.8 Å². The number of likely N-dealkylation sites (N-methyl/N-ethyl adjacent to an activating group) is 1. The molecule has 0 bridgehead atoms. The smallest absolute Gasteiger partial charge is 0.0551 e. The maximum Gasteiger partial charge on any atom is 0.0551 e. The monoisotopic (exact) mass is 169 g/mol. The Labute approximate surface area is 75.0 Å². The van der Waals surface area contributed by atoms with Crippen molar-refractivity contribution in [2.24, 2.45) is 5.92 Å². The standard InChI is InChI=1S/C10H19NO/c1-7(2)10(11-4)9-5-8(3)12-6-9/h8-11H,1,5-6H2,2-4H3. The summed E-state index contributed by atoms with van der Waals surface area (Å²) in [7, 11) is 1.99. The fourth-order valence-corrected chi connectivity index (χ4v) is 1.97. The van der Waals surface area contributed by atoms with Crippen molar-refractivity contribution in [1.82, 2.24) is 5.32 Å². The molecule has 1 heterocycles. The first-order valence-electron chi connectivity index (χ1n) is 4.59. The molecular weight excluding hydrogens is 150 g/mol. The van der Waals surface area contributed by atoms with E-state index in [9.17, 15) is 0 Å². The van der Waals surface area contributed by atoms with Crippen LogP contribution in [0.5, 0.6) is 0 Å². The van der Waals surface area contributed by atoms with Crippen LogP contribution in [0.3, 0.4) is 0 Å². The minimum atomic E-state index is 0.421. The molecule has 0 aromatic heterocycles. The van der Waals surface area contributed by atoms with Crippen LogP contribution in [-0.2, 0) is 4.74 Å². The van der Waals surface area contributed by atoms with E-state index >= 15 is 0 Å². The average molecular weight is 169 g/mol. The first kappa shape index (κ1) is 9.75. The van der Waals surface area contributed by atoms with E-state index in [0.29, 0.717) is 18.1 Å². The van der Waals surface area contributed by atoms with E-state index in [2.05, 4.69) is 25.7 Å². The van der Waals surface area contributed by atoms with Crippen molar-refractivity contribution in [3.8, 4) is 0 Å². The van der Waals surface area contributed by atoms with Gasteiger partial charge in [0, 0.05) is 12.0 Å². The summed E-state index contributed by atoms with van der Waals surface area (Å²) >= 11 is 0. The molecule has 0 aliphatic carbocycles. The van der Waals surface area contributed by atoms with Crippen LogP contribution < -0.4 is 5.32 Å². The predicted molar refractivity (Wildman–Crippen MR) is 51.2 cm³/mol. The molecule has 0 spiro atoms. The molecule has 0 saturated carbocycles. The van der Waals surface area contributed by atoms with Gasteiger partial charge in [0.05, 0.1) is 12.7 Å². The molecule has 1 aliphatic rings. The van der Waals surface area contributed by atoms with Crippen LogP contribution in [0.25, 0.3) is 0 Å². The van der Waals surface area contributed by atoms with Crippen molar-refractivity contribution in [1.29, 1.82) is 0 Å². The highest BCUT2D eigenvalue weighted by atomic mass is 16.5. The number of rotatable bonds is 3. The molecule has 0 aromatic rings. The van der Waals surface area contributed by atoms with E-state index in [4.69, 9.17) is 4.74 Å².